The molecule has 8 fully saturated rings. The number of aliphatic carboxylic acids is 1. The van der Waals surface area contributed by atoms with E-state index in [0.717, 1.165) is 25.7 Å². The van der Waals surface area contributed by atoms with Gasteiger partial charge in [-0.05, 0) is 158 Å². The van der Waals surface area contributed by atoms with E-state index in [-0.39, 0.29) is 111 Å². The van der Waals surface area contributed by atoms with Crippen LogP contribution in [0.5, 0.6) is 17.2 Å². The number of amides is 2. The Morgan fingerprint density at radius 2 is 1.11 bits per heavy atom. The van der Waals surface area contributed by atoms with Crippen LogP contribution >= 0.6 is 39.1 Å². The van der Waals surface area contributed by atoms with Crippen molar-refractivity contribution in [1.29, 1.82) is 0 Å². The number of rotatable bonds is 27. The number of benzene rings is 3. The fourth-order valence-corrected chi connectivity index (χ4v) is 19.9. The summed E-state index contributed by atoms with van der Waals surface area (Å²) < 4.78 is 69.8. The minimum absolute atomic E-state index is 0. The molecule has 2 unspecified atom stereocenters. The van der Waals surface area contributed by atoms with Gasteiger partial charge in [0.2, 0.25) is 11.8 Å². The van der Waals surface area contributed by atoms with Crippen molar-refractivity contribution < 1.29 is 84.5 Å². The average Bonchev–Trinajstić information content (AvgIpc) is 1.59. The molecule has 6 aliphatic carbocycles. The first-order valence-electron chi connectivity index (χ1n) is 39.8. The lowest BCUT2D eigenvalue weighted by Crippen LogP contribution is -2.48. The second kappa shape index (κ2) is 34.9. The highest BCUT2D eigenvalue weighted by molar-refractivity contribution is 9.10. The van der Waals surface area contributed by atoms with Crippen LogP contribution in [0, 0.1) is 69.0 Å². The van der Waals surface area contributed by atoms with E-state index in [1.165, 1.54) is 62.2 Å². The maximum absolute atomic E-state index is 14.7. The number of carbonyl (C=O) groups is 8. The number of ketones is 2. The van der Waals surface area contributed by atoms with Gasteiger partial charge in [0.25, 0.3) is 10.1 Å². The van der Waals surface area contributed by atoms with Crippen molar-refractivity contribution in [3.63, 3.8) is 0 Å². The summed E-state index contributed by atoms with van der Waals surface area (Å²) in [5, 5.41) is 20.4. The smallest absolute Gasteiger partial charge is 0.312 e. The Bertz CT molecular complexity index is 5070. The molecule has 630 valence electrons. The number of aromatic amines is 1. The van der Waals surface area contributed by atoms with Gasteiger partial charge in [-0.1, -0.05) is 115 Å². The van der Waals surface area contributed by atoms with Gasteiger partial charge in [0.05, 0.1) is 97.5 Å². The van der Waals surface area contributed by atoms with Gasteiger partial charge in [-0.15, -0.1) is 0 Å². The van der Waals surface area contributed by atoms with Gasteiger partial charge < -0.3 is 48.3 Å². The summed E-state index contributed by atoms with van der Waals surface area (Å²) in [6, 6.07) is 17.7. The number of aromatic nitrogens is 6. The number of carboxylic acid groups (broad SMARTS) is 1. The second-order valence-corrected chi connectivity index (χ2v) is 37.9. The fraction of sp³-hybridized carbons (Fsp3) is 0.558. The Hall–Kier alpha value is -8.77. The molecule has 15 rings (SSSR count). The number of nitrogens with one attached hydrogen (secondary N) is 1. The number of fused-ring (bicyclic) bond motifs is 4. The molecule has 27 nitrogen and oxygen atoms in total. The van der Waals surface area contributed by atoms with Crippen LogP contribution in [0.1, 0.15) is 166 Å². The third-order valence-electron chi connectivity index (χ3n) is 25.0. The predicted octanol–water partition coefficient (Wildman–Crippen LogP) is 14.4. The molecule has 2 N–H and O–H groups in total. The van der Waals surface area contributed by atoms with E-state index in [1.807, 2.05) is 55.4 Å². The number of H-pyrrole nitrogens is 1. The number of pyridine rings is 2. The number of methoxy groups -OCH3 is 3. The zero-order chi connectivity index (χ0) is 83.4. The Morgan fingerprint density at radius 1 is 0.624 bits per heavy atom. The number of likely N-dealkylation sites (tertiary alicyclic amines) is 2. The first-order chi connectivity index (χ1) is 55.0. The minimum Gasteiger partial charge on any atom is -0.495 e. The number of esters is 3. The quantitative estimate of drug-likeness (QED) is 0.0274. The maximum atomic E-state index is 14.7. The average molecular weight is 1740 g/mol. The van der Waals surface area contributed by atoms with E-state index in [2.05, 4.69) is 31.1 Å². The number of Topliss-reactive ketones (excluding diaryl/α,β-unsaturated/α-hetero) is 2. The minimum atomic E-state index is -4.21. The van der Waals surface area contributed by atoms with Crippen LogP contribution in [0.25, 0.3) is 33.4 Å². The lowest BCUT2D eigenvalue weighted by atomic mass is 9.77. The number of carbonyl (C=O) groups excluding carboxylic acids is 7. The molecule has 3 aromatic carbocycles. The van der Waals surface area contributed by atoms with Crippen molar-refractivity contribution in [3.05, 3.63) is 122 Å². The predicted molar refractivity (Wildman–Crippen MR) is 438 cm³/mol. The molecule has 2 saturated heterocycles. The lowest BCUT2D eigenvalue weighted by Gasteiger charge is -2.35. The molecule has 31 heteroatoms. The number of hydrogen-bond acceptors (Lipinski definition) is 21. The zero-order valence-electron chi connectivity index (χ0n) is 67.0. The zero-order valence-corrected chi connectivity index (χ0v) is 70.9. The van der Waals surface area contributed by atoms with Gasteiger partial charge in [0, 0.05) is 84.4 Å². The van der Waals surface area contributed by atoms with Crippen LogP contribution in [0.15, 0.2) is 112 Å². The molecule has 2 amide bonds. The molecule has 6 heterocycles. The summed E-state index contributed by atoms with van der Waals surface area (Å²) in [4.78, 5) is 132. The third kappa shape index (κ3) is 19.0. The van der Waals surface area contributed by atoms with Gasteiger partial charge in [-0.3, -0.25) is 47.3 Å². The Balaban J connectivity index is 0.000000176. The largest absolute Gasteiger partial charge is 0.495 e. The molecule has 4 aromatic heterocycles. The van der Waals surface area contributed by atoms with Gasteiger partial charge >= 0.3 is 23.9 Å². The molecule has 16 atom stereocenters. The van der Waals surface area contributed by atoms with E-state index in [4.69, 9.17) is 60.8 Å². The molecular formula is C86H105BrCl2N8O19S. The van der Waals surface area contributed by atoms with Crippen molar-refractivity contribution in [2.75, 3.05) is 34.4 Å². The van der Waals surface area contributed by atoms with Crippen molar-refractivity contribution in [1.82, 2.24) is 39.3 Å². The van der Waals surface area contributed by atoms with E-state index in [0.29, 0.717) is 115 Å². The number of ether oxygens (including phenoxy) is 6. The summed E-state index contributed by atoms with van der Waals surface area (Å²) in [7, 11) is 0.131. The number of nitrogens with zero attached hydrogens (tertiary/aromatic N) is 7. The van der Waals surface area contributed by atoms with Crippen LogP contribution in [0.2, 0.25) is 10.0 Å². The van der Waals surface area contributed by atoms with E-state index in [1.54, 1.807) is 88.7 Å². The van der Waals surface area contributed by atoms with Crippen LogP contribution in [0.3, 0.4) is 0 Å². The first-order valence-corrected chi connectivity index (χ1v) is 42.8. The molecule has 117 heavy (non-hydrogen) atoms. The van der Waals surface area contributed by atoms with Crippen LogP contribution in [-0.4, -0.2) is 171 Å². The first kappa shape index (κ1) is 87.5. The molecule has 0 bridgehead atoms. The van der Waals surface area contributed by atoms with Gasteiger partial charge in [-0.2, -0.15) is 18.6 Å². The standard InChI is InChI=1S/C39H47ClN4O8.C33H44BrNO9S.C13H10ClN3O2.CH4/c1-6-23-18-39(23,37(48)49)19-29(45)28-15-25(20-43(28)36(47)27(38(2,3)4)16-33(46)52-24-13-21-12-22(21)14-24)51-31-17-32(44-11-7-10-41-44)42-35-26(31)8-9-30(50-5)34(35)40;1-6-21-16-33(21,31(39)42-5)17-28(36)27-14-24(44-45(40,41)25-9-7-22(34)8-10-25)18-35(27)30(38)26(32(2,3)4)15-29(37)43-23-12-19-11-20(19)13-23;1-19-10-4-3-8-9(18)7-11(16-13(8)12(10)14)17-6-2-5-15-17;/h7-11,17,21-25,27-28H,6,12-16,18-20H2,1-5H3,(H,48,49);7-10,19-21,23-24,26-27H,6,11-18H2,1-5H3;2-7H,1H3,(H,16,18);1H4/t21-,22+,23-,24?,25-,27-,28+,39-;19-,20+,21-,23?,24+,26-,27+,33-;;/m11../s1. The summed E-state index contributed by atoms with van der Waals surface area (Å²) in [6.45, 7) is 15.1. The van der Waals surface area contributed by atoms with Crippen LogP contribution in [0.4, 0.5) is 0 Å². The molecule has 2 aliphatic heterocycles. The fourth-order valence-electron chi connectivity index (χ4n) is 18.0. The van der Waals surface area contributed by atoms with E-state index < -0.39 is 97.7 Å². The molecular weight excluding hydrogens is 1630 g/mol. The lowest BCUT2D eigenvalue weighted by molar-refractivity contribution is -0.157. The maximum Gasteiger partial charge on any atom is 0.312 e. The highest BCUT2D eigenvalue weighted by atomic mass is 79.9. The highest BCUT2D eigenvalue weighted by Gasteiger charge is 2.63. The van der Waals surface area contributed by atoms with Gasteiger partial charge in [0.1, 0.15) is 51.4 Å². The van der Waals surface area contributed by atoms with Gasteiger partial charge in [0.15, 0.2) is 22.8 Å². The van der Waals surface area contributed by atoms with Crippen molar-refractivity contribution in [3.8, 4) is 28.9 Å². The Morgan fingerprint density at radius 3 is 1.59 bits per heavy atom. The normalized spacial score (nSPS) is 26.3. The van der Waals surface area contributed by atoms with Crippen LogP contribution < -0.4 is 19.6 Å². The number of carboxylic acids is 1. The molecule has 8 aliphatic rings. The second-order valence-electron chi connectivity index (χ2n) is 34.7. The summed E-state index contributed by atoms with van der Waals surface area (Å²) in [5.41, 5.74) is -2.54. The third-order valence-corrected chi connectivity index (χ3v) is 27.7. The van der Waals surface area contributed by atoms with Crippen molar-refractivity contribution >= 4 is 118 Å². The molecule has 0 radical (unpaired) electrons. The summed E-state index contributed by atoms with van der Waals surface area (Å²) in [6.07, 6.45) is 12.5. The molecule has 7 aromatic rings. The van der Waals surface area contributed by atoms with E-state index in [9.17, 15) is 56.7 Å². The Labute approximate surface area is 699 Å². The molecule has 6 saturated carbocycles. The molecule has 0 spiro atoms. The number of halogens is 3. The van der Waals surface area contributed by atoms with E-state index >= 15 is 0 Å². The van der Waals surface area contributed by atoms with Crippen molar-refractivity contribution in [2.45, 2.75) is 207 Å². The Kier molecular flexibility index (Phi) is 26.1. The summed E-state index contributed by atoms with van der Waals surface area (Å²) >= 11 is 16.3. The highest BCUT2D eigenvalue weighted by Crippen LogP contribution is 2.60. The monoisotopic (exact) mass is 1730 g/mol. The van der Waals surface area contributed by atoms with Crippen LogP contribution in [-0.2, 0) is 66.9 Å². The summed E-state index contributed by atoms with van der Waals surface area (Å²) in [5.74, 6) is -0.539. The topological polar surface area (TPSA) is 343 Å². The SMILES string of the molecule is C.CC[C@@H]1C[C@]1(CC(=O)[C@@H]1C[C@@H](Oc2cc(-n3cccn3)nc3c(Cl)c(OC)ccc23)CN1C(=O)[C@@H](CC(=O)OC1C[C@@H]2C[C@@H]2C1)C(C)(C)C)C(=O)O.CC[C@@H]1C[C@]1(CC(=O)[C@@H]1C[C@H](OS(=O)(=O)c2ccc(Br)cc2)CN1C(=O)[C@@H](CC(=O)OC1C[C@@H]2C[C@@H]2C1)C(C)(C)C)C(=O)OC.COc1ccc2c(=O)cc(-n3cccn3)[nH]c2c1Cl. The van der Waals surface area contributed by atoms with Gasteiger partial charge in [-0.25, -0.2) is 14.3 Å². The van der Waals surface area contributed by atoms with Crippen molar-refractivity contribution in [2.24, 2.45) is 69.0 Å². The number of hydrogen-bond donors (Lipinski definition) is 2.